The largest absolute Gasteiger partial charge is 0.505 e. The summed E-state index contributed by atoms with van der Waals surface area (Å²) in [4.78, 5) is 7.14. The molecular weight excluding hydrogens is 319 g/mol. The number of aromatic hydroxyl groups is 1. The van der Waals surface area contributed by atoms with Crippen molar-refractivity contribution in [1.29, 1.82) is 0 Å². The highest BCUT2D eigenvalue weighted by molar-refractivity contribution is 5.80. The molecule has 0 spiro atoms. The van der Waals surface area contributed by atoms with Crippen LogP contribution in [0.2, 0.25) is 0 Å². The summed E-state index contributed by atoms with van der Waals surface area (Å²) in [5.74, 6) is -0.145. The molecule has 25 heavy (non-hydrogen) atoms. The molecule has 2 fully saturated rings. The Morgan fingerprint density at radius 2 is 2.04 bits per heavy atom. The Bertz CT molecular complexity index is 607. The summed E-state index contributed by atoms with van der Waals surface area (Å²) in [6.07, 6.45) is 6.20. The van der Waals surface area contributed by atoms with Gasteiger partial charge < -0.3 is 20.6 Å². The van der Waals surface area contributed by atoms with Crippen LogP contribution in [0.4, 0.5) is 4.39 Å². The molecule has 0 amide bonds. The summed E-state index contributed by atoms with van der Waals surface area (Å²) >= 11 is 0. The minimum Gasteiger partial charge on any atom is -0.505 e. The maximum Gasteiger partial charge on any atom is 0.191 e. The summed E-state index contributed by atoms with van der Waals surface area (Å²) in [5.41, 5.74) is 0.743. The number of fused-ring (bicyclic) bond motifs is 2. The van der Waals surface area contributed by atoms with Crippen LogP contribution in [0.3, 0.4) is 0 Å². The molecule has 0 aromatic heterocycles. The Morgan fingerprint density at radius 1 is 1.32 bits per heavy atom. The predicted octanol–water partition coefficient (Wildman–Crippen LogP) is 2.60. The van der Waals surface area contributed by atoms with E-state index in [4.69, 9.17) is 0 Å². The number of phenols is 1. The lowest BCUT2D eigenvalue weighted by Gasteiger charge is -2.47. The van der Waals surface area contributed by atoms with Crippen molar-refractivity contribution in [3.8, 4) is 5.75 Å². The molecular formula is C19H29FN4O. The molecule has 5 nitrogen and oxygen atoms in total. The summed E-state index contributed by atoms with van der Waals surface area (Å²) in [7, 11) is 2.25. The Morgan fingerprint density at radius 3 is 2.68 bits per heavy atom. The van der Waals surface area contributed by atoms with E-state index in [0.29, 0.717) is 24.7 Å². The van der Waals surface area contributed by atoms with Gasteiger partial charge in [0.25, 0.3) is 0 Å². The van der Waals surface area contributed by atoms with Gasteiger partial charge in [0, 0.05) is 24.7 Å². The number of rotatable bonds is 4. The fraction of sp³-hybridized carbons (Fsp3) is 0.632. The Balaban J connectivity index is 1.63. The van der Waals surface area contributed by atoms with E-state index in [1.165, 1.54) is 31.4 Å². The first kappa shape index (κ1) is 18.0. The number of phenolic OH excluding ortho intramolecular Hbond substituents is 1. The van der Waals surface area contributed by atoms with Crippen molar-refractivity contribution in [3.63, 3.8) is 0 Å². The first-order chi connectivity index (χ1) is 12.1. The average Bonchev–Trinajstić information content (AvgIpc) is 2.57. The van der Waals surface area contributed by atoms with Crippen LogP contribution in [-0.2, 0) is 6.54 Å². The third-order valence-corrected chi connectivity index (χ3v) is 5.46. The molecule has 2 aliphatic rings. The molecule has 2 heterocycles. The standard InChI is InChI=1S/C19H29FN4O/c1-3-21-19(22-12-13-7-8-18(25)17(20)9-13)23-14-10-15-5-4-6-16(11-14)24(15)2/h7-9,14-16,25H,3-6,10-12H2,1-2H3,(H2,21,22,23). The Labute approximate surface area is 149 Å². The van der Waals surface area contributed by atoms with Gasteiger partial charge in [-0.2, -0.15) is 0 Å². The lowest BCUT2D eigenvalue weighted by Crippen LogP contribution is -2.56. The van der Waals surface area contributed by atoms with Crippen LogP contribution < -0.4 is 10.6 Å². The van der Waals surface area contributed by atoms with Gasteiger partial charge in [0.1, 0.15) is 0 Å². The minimum atomic E-state index is -0.603. The van der Waals surface area contributed by atoms with E-state index < -0.39 is 5.82 Å². The van der Waals surface area contributed by atoms with Crippen molar-refractivity contribution in [1.82, 2.24) is 15.5 Å². The number of guanidine groups is 1. The monoisotopic (exact) mass is 348 g/mol. The fourth-order valence-electron chi connectivity index (χ4n) is 4.07. The SMILES string of the molecule is CCNC(=NCc1ccc(O)c(F)c1)NC1CC2CCCC(C1)N2C. The molecule has 3 rings (SSSR count). The number of halogens is 1. The van der Waals surface area contributed by atoms with Gasteiger partial charge in [-0.3, -0.25) is 0 Å². The number of nitrogens with zero attached hydrogens (tertiary/aromatic N) is 2. The van der Waals surface area contributed by atoms with Gasteiger partial charge >= 0.3 is 0 Å². The lowest BCUT2D eigenvalue weighted by molar-refractivity contribution is 0.0526. The number of aliphatic imine (C=N–C) groups is 1. The van der Waals surface area contributed by atoms with Crippen molar-refractivity contribution in [2.24, 2.45) is 4.99 Å². The molecule has 138 valence electrons. The highest BCUT2D eigenvalue weighted by Crippen LogP contribution is 2.32. The van der Waals surface area contributed by atoms with E-state index in [-0.39, 0.29) is 5.75 Å². The Hall–Kier alpha value is -1.82. The molecule has 2 bridgehead atoms. The van der Waals surface area contributed by atoms with Crippen molar-refractivity contribution < 1.29 is 9.50 Å². The molecule has 6 heteroatoms. The van der Waals surface area contributed by atoms with Crippen molar-refractivity contribution in [2.75, 3.05) is 13.6 Å². The van der Waals surface area contributed by atoms with Crippen LogP contribution in [0.25, 0.3) is 0 Å². The van der Waals surface area contributed by atoms with Crippen LogP contribution in [0, 0.1) is 5.82 Å². The predicted molar refractivity (Wildman–Crippen MR) is 98.2 cm³/mol. The van der Waals surface area contributed by atoms with E-state index >= 15 is 0 Å². The quantitative estimate of drug-likeness (QED) is 0.578. The normalized spacial score (nSPS) is 27.2. The second-order valence-corrected chi connectivity index (χ2v) is 7.20. The van der Waals surface area contributed by atoms with Gasteiger partial charge in [-0.05, 0) is 57.4 Å². The van der Waals surface area contributed by atoms with E-state index in [1.807, 2.05) is 6.92 Å². The highest BCUT2D eigenvalue weighted by Gasteiger charge is 2.36. The number of hydrogen-bond acceptors (Lipinski definition) is 3. The third-order valence-electron chi connectivity index (χ3n) is 5.46. The van der Waals surface area contributed by atoms with Crippen molar-refractivity contribution in [2.45, 2.75) is 63.7 Å². The van der Waals surface area contributed by atoms with Gasteiger partial charge in [-0.1, -0.05) is 12.5 Å². The first-order valence-electron chi connectivity index (χ1n) is 9.31. The van der Waals surface area contributed by atoms with E-state index in [9.17, 15) is 9.50 Å². The maximum atomic E-state index is 13.5. The smallest absolute Gasteiger partial charge is 0.191 e. The molecule has 2 aliphatic heterocycles. The second kappa shape index (κ2) is 8.04. The van der Waals surface area contributed by atoms with Crippen molar-refractivity contribution in [3.05, 3.63) is 29.6 Å². The summed E-state index contributed by atoms with van der Waals surface area (Å²) in [5, 5.41) is 16.1. The summed E-state index contributed by atoms with van der Waals surface area (Å²) in [6, 6.07) is 6.17. The Kier molecular flexibility index (Phi) is 5.78. The summed E-state index contributed by atoms with van der Waals surface area (Å²) in [6.45, 7) is 3.21. The van der Waals surface area contributed by atoms with Gasteiger partial charge in [-0.25, -0.2) is 9.38 Å². The number of benzene rings is 1. The van der Waals surface area contributed by atoms with Crippen LogP contribution in [0.1, 0.15) is 44.6 Å². The molecule has 1 aromatic rings. The van der Waals surface area contributed by atoms with Crippen LogP contribution >= 0.6 is 0 Å². The minimum absolute atomic E-state index is 0.323. The highest BCUT2D eigenvalue weighted by atomic mass is 19.1. The third kappa shape index (κ3) is 4.42. The topological polar surface area (TPSA) is 59.9 Å². The number of nitrogens with one attached hydrogen (secondary N) is 2. The zero-order chi connectivity index (χ0) is 17.8. The molecule has 0 saturated carbocycles. The molecule has 2 saturated heterocycles. The van der Waals surface area contributed by atoms with Gasteiger partial charge in [0.15, 0.2) is 17.5 Å². The zero-order valence-corrected chi connectivity index (χ0v) is 15.1. The number of hydrogen-bond donors (Lipinski definition) is 3. The average molecular weight is 348 g/mol. The molecule has 0 radical (unpaired) electrons. The van der Waals surface area contributed by atoms with Crippen molar-refractivity contribution >= 4 is 5.96 Å². The second-order valence-electron chi connectivity index (χ2n) is 7.20. The summed E-state index contributed by atoms with van der Waals surface area (Å²) < 4.78 is 13.5. The van der Waals surface area contributed by atoms with Crippen LogP contribution in [0.15, 0.2) is 23.2 Å². The molecule has 0 aliphatic carbocycles. The lowest BCUT2D eigenvalue weighted by atomic mass is 9.82. The van der Waals surface area contributed by atoms with Crippen LogP contribution in [0.5, 0.6) is 5.75 Å². The van der Waals surface area contributed by atoms with Gasteiger partial charge in [0.05, 0.1) is 6.54 Å². The molecule has 3 N–H and O–H groups in total. The maximum absolute atomic E-state index is 13.5. The first-order valence-corrected chi connectivity index (χ1v) is 9.31. The van der Waals surface area contributed by atoms with E-state index in [2.05, 4.69) is 27.6 Å². The zero-order valence-electron chi connectivity index (χ0n) is 15.1. The van der Waals surface area contributed by atoms with Gasteiger partial charge in [0.2, 0.25) is 0 Å². The number of piperidine rings is 2. The van der Waals surface area contributed by atoms with E-state index in [1.54, 1.807) is 6.07 Å². The van der Waals surface area contributed by atoms with Crippen LogP contribution in [-0.4, -0.2) is 47.7 Å². The van der Waals surface area contributed by atoms with Gasteiger partial charge in [-0.15, -0.1) is 0 Å². The van der Waals surface area contributed by atoms with E-state index in [0.717, 1.165) is 30.9 Å². The molecule has 2 atom stereocenters. The fourth-order valence-corrected chi connectivity index (χ4v) is 4.07. The molecule has 1 aromatic carbocycles. The molecule has 2 unspecified atom stereocenters.